The first kappa shape index (κ1) is 52.3. The molecule has 55 heavy (non-hydrogen) atoms. The van der Waals surface area contributed by atoms with E-state index in [4.69, 9.17) is 4.74 Å². The average Bonchev–Trinajstić information content (AvgIpc) is 3.18. The number of esters is 1. The van der Waals surface area contributed by atoms with Gasteiger partial charge >= 0.3 is 5.97 Å². The Morgan fingerprint density at radius 1 is 0.564 bits per heavy atom. The lowest BCUT2D eigenvalue weighted by Crippen LogP contribution is -2.46. The number of nitrogens with one attached hydrogen (secondary N) is 1. The molecule has 0 aliphatic heterocycles. The van der Waals surface area contributed by atoms with Gasteiger partial charge in [-0.2, -0.15) is 0 Å². The fraction of sp³-hybridized carbons (Fsp3) is 0.714. The molecule has 0 saturated heterocycles. The Balaban J connectivity index is 4.67. The number of carbonyl (C=O) groups is 2. The zero-order valence-electron chi connectivity index (χ0n) is 35.8. The standard InChI is InChI=1S/C49H85NO5/c1-4-7-10-13-16-19-22-23-24-25-27-29-32-35-38-41-47(52)46(44-51)50-48(53)43-45(40-37-34-31-28-26-20-17-14-11-8-5-2)55-49(54)42-39-36-33-30-21-18-15-12-9-6-3/h8,11-12,14-15,17,20,26,28,31,34,37,45-47,51-52H,4-7,9-10,13,16,18-19,21-25,27,29-30,32-33,35-36,38-44H2,1-3H3,(H,50,53)/b11-8+,15-12-,17-14+,26-20-,31-28-,37-34+. The monoisotopic (exact) mass is 768 g/mol. The predicted molar refractivity (Wildman–Crippen MR) is 236 cm³/mol. The number of allylic oxidation sites excluding steroid dienone is 11. The smallest absolute Gasteiger partial charge is 0.306 e. The van der Waals surface area contributed by atoms with E-state index in [1.807, 2.05) is 54.7 Å². The first-order valence-electron chi connectivity index (χ1n) is 22.7. The topological polar surface area (TPSA) is 95.9 Å². The molecule has 0 radical (unpaired) electrons. The number of aliphatic hydroxyl groups excluding tert-OH is 2. The lowest BCUT2D eigenvalue weighted by atomic mass is 10.0. The average molecular weight is 768 g/mol. The number of unbranched alkanes of at least 4 members (excludes halogenated alkanes) is 20. The maximum Gasteiger partial charge on any atom is 0.306 e. The molecule has 6 heteroatoms. The molecule has 0 aromatic carbocycles. The Bertz CT molecular complexity index is 1040. The third kappa shape index (κ3) is 38.0. The summed E-state index contributed by atoms with van der Waals surface area (Å²) >= 11 is 0. The van der Waals surface area contributed by atoms with Gasteiger partial charge in [-0.05, 0) is 38.5 Å². The van der Waals surface area contributed by atoms with Gasteiger partial charge in [0.2, 0.25) is 5.91 Å². The molecule has 0 heterocycles. The molecular formula is C49H85NO5. The van der Waals surface area contributed by atoms with Crippen molar-refractivity contribution in [2.75, 3.05) is 6.61 Å². The molecule has 0 spiro atoms. The van der Waals surface area contributed by atoms with E-state index in [9.17, 15) is 19.8 Å². The summed E-state index contributed by atoms with van der Waals surface area (Å²) in [6.07, 6.45) is 52.7. The lowest BCUT2D eigenvalue weighted by Gasteiger charge is -2.24. The Hall–Kier alpha value is -2.70. The lowest BCUT2D eigenvalue weighted by molar-refractivity contribution is -0.150. The van der Waals surface area contributed by atoms with Crippen molar-refractivity contribution >= 4 is 11.9 Å². The molecule has 316 valence electrons. The van der Waals surface area contributed by atoms with Gasteiger partial charge in [-0.15, -0.1) is 0 Å². The van der Waals surface area contributed by atoms with Gasteiger partial charge in [0.1, 0.15) is 6.10 Å². The molecule has 0 aromatic heterocycles. The highest BCUT2D eigenvalue weighted by Crippen LogP contribution is 2.16. The van der Waals surface area contributed by atoms with Gasteiger partial charge < -0.3 is 20.3 Å². The van der Waals surface area contributed by atoms with E-state index in [-0.39, 0.29) is 24.9 Å². The Morgan fingerprint density at radius 3 is 1.60 bits per heavy atom. The zero-order valence-corrected chi connectivity index (χ0v) is 35.8. The fourth-order valence-electron chi connectivity index (χ4n) is 6.45. The highest BCUT2D eigenvalue weighted by molar-refractivity contribution is 5.77. The first-order valence-corrected chi connectivity index (χ1v) is 22.7. The van der Waals surface area contributed by atoms with E-state index >= 15 is 0 Å². The molecule has 0 bridgehead atoms. The molecule has 0 fully saturated rings. The van der Waals surface area contributed by atoms with E-state index < -0.39 is 18.2 Å². The third-order valence-electron chi connectivity index (χ3n) is 9.88. The number of hydrogen-bond acceptors (Lipinski definition) is 5. The van der Waals surface area contributed by atoms with Crippen molar-refractivity contribution in [1.29, 1.82) is 0 Å². The van der Waals surface area contributed by atoms with Crippen molar-refractivity contribution in [3.63, 3.8) is 0 Å². The number of aliphatic hydroxyl groups is 2. The van der Waals surface area contributed by atoms with E-state index in [1.165, 1.54) is 89.9 Å². The molecule has 3 unspecified atom stereocenters. The summed E-state index contributed by atoms with van der Waals surface area (Å²) in [5.74, 6) is -0.626. The third-order valence-corrected chi connectivity index (χ3v) is 9.88. The first-order chi connectivity index (χ1) is 27.0. The molecular weight excluding hydrogens is 683 g/mol. The van der Waals surface area contributed by atoms with Crippen LogP contribution in [0.4, 0.5) is 0 Å². The van der Waals surface area contributed by atoms with E-state index in [1.54, 1.807) is 0 Å². The predicted octanol–water partition coefficient (Wildman–Crippen LogP) is 13.1. The van der Waals surface area contributed by atoms with Crippen molar-refractivity contribution in [3.05, 3.63) is 72.9 Å². The van der Waals surface area contributed by atoms with Crippen molar-refractivity contribution in [2.45, 2.75) is 219 Å². The largest absolute Gasteiger partial charge is 0.461 e. The van der Waals surface area contributed by atoms with Crippen LogP contribution in [-0.4, -0.2) is 46.9 Å². The van der Waals surface area contributed by atoms with Crippen LogP contribution in [0.1, 0.15) is 201 Å². The van der Waals surface area contributed by atoms with Crippen molar-refractivity contribution in [2.24, 2.45) is 0 Å². The maximum atomic E-state index is 13.1. The summed E-state index contributed by atoms with van der Waals surface area (Å²) in [5, 5.41) is 23.6. The summed E-state index contributed by atoms with van der Waals surface area (Å²) in [6, 6.07) is -0.741. The molecule has 3 N–H and O–H groups in total. The van der Waals surface area contributed by atoms with Crippen LogP contribution >= 0.6 is 0 Å². The van der Waals surface area contributed by atoms with Gasteiger partial charge in [-0.3, -0.25) is 9.59 Å². The molecule has 0 aliphatic rings. The fourth-order valence-corrected chi connectivity index (χ4v) is 6.45. The van der Waals surface area contributed by atoms with Gasteiger partial charge in [0, 0.05) is 12.8 Å². The summed E-state index contributed by atoms with van der Waals surface area (Å²) in [5.41, 5.74) is 0. The highest BCUT2D eigenvalue weighted by Gasteiger charge is 2.23. The molecule has 3 atom stereocenters. The number of rotatable bonds is 39. The van der Waals surface area contributed by atoms with Crippen LogP contribution in [0.5, 0.6) is 0 Å². The number of carbonyl (C=O) groups excluding carboxylic acids is 2. The zero-order chi connectivity index (χ0) is 40.3. The Morgan fingerprint density at radius 2 is 1.05 bits per heavy atom. The maximum absolute atomic E-state index is 13.1. The minimum atomic E-state index is -0.820. The molecule has 6 nitrogen and oxygen atoms in total. The van der Waals surface area contributed by atoms with Gasteiger partial charge in [0.25, 0.3) is 0 Å². The quantitative estimate of drug-likeness (QED) is 0.0250. The second-order valence-corrected chi connectivity index (χ2v) is 15.2. The SMILES string of the molecule is CC/C=C/C=C/C=C\C=C/C=C/CC(CC(=O)NC(CO)C(O)CCCCCCCCCCCCCCCCC)OC(=O)CCCCCCC/C=C\CCC. The molecule has 0 saturated carbocycles. The van der Waals surface area contributed by atoms with Crippen LogP contribution in [0.15, 0.2) is 72.9 Å². The molecule has 1 amide bonds. The minimum Gasteiger partial charge on any atom is -0.461 e. The van der Waals surface area contributed by atoms with E-state index in [2.05, 4.69) is 44.3 Å². The minimum absolute atomic E-state index is 0.0243. The van der Waals surface area contributed by atoms with E-state index in [0.717, 1.165) is 64.2 Å². The van der Waals surface area contributed by atoms with Crippen LogP contribution in [-0.2, 0) is 14.3 Å². The van der Waals surface area contributed by atoms with Gasteiger partial charge in [0.15, 0.2) is 0 Å². The van der Waals surface area contributed by atoms with Crippen LogP contribution in [0, 0.1) is 0 Å². The molecule has 0 rings (SSSR count). The second-order valence-electron chi connectivity index (χ2n) is 15.2. The summed E-state index contributed by atoms with van der Waals surface area (Å²) in [4.78, 5) is 25.9. The van der Waals surface area contributed by atoms with Crippen LogP contribution in [0.2, 0.25) is 0 Å². The Labute approximate surface area is 339 Å². The number of hydrogen-bond donors (Lipinski definition) is 3. The summed E-state index contributed by atoms with van der Waals surface area (Å²) in [6.45, 7) is 6.22. The molecule has 0 aliphatic carbocycles. The number of amides is 1. The summed E-state index contributed by atoms with van der Waals surface area (Å²) < 4.78 is 5.79. The Kier molecular flexibility index (Phi) is 40.4. The summed E-state index contributed by atoms with van der Waals surface area (Å²) in [7, 11) is 0. The number of ether oxygens (including phenoxy) is 1. The van der Waals surface area contributed by atoms with Crippen molar-refractivity contribution in [3.8, 4) is 0 Å². The van der Waals surface area contributed by atoms with Crippen LogP contribution < -0.4 is 5.32 Å². The van der Waals surface area contributed by atoms with Gasteiger partial charge in [-0.25, -0.2) is 0 Å². The molecule has 0 aromatic rings. The van der Waals surface area contributed by atoms with Crippen molar-refractivity contribution in [1.82, 2.24) is 5.32 Å². The highest BCUT2D eigenvalue weighted by atomic mass is 16.5. The van der Waals surface area contributed by atoms with Crippen LogP contribution in [0.3, 0.4) is 0 Å². The second kappa shape index (κ2) is 42.4. The normalized spacial score (nSPS) is 14.1. The van der Waals surface area contributed by atoms with Gasteiger partial charge in [-0.1, -0.05) is 216 Å². The van der Waals surface area contributed by atoms with Gasteiger partial charge in [0.05, 0.1) is 25.2 Å². The van der Waals surface area contributed by atoms with Crippen LogP contribution in [0.25, 0.3) is 0 Å². The van der Waals surface area contributed by atoms with E-state index in [0.29, 0.717) is 19.3 Å². The van der Waals surface area contributed by atoms with Crippen molar-refractivity contribution < 1.29 is 24.5 Å².